The average molecular weight is 511 g/mol. The fraction of sp³-hybridized carbons (Fsp3) is 0.476. The Labute approximate surface area is 189 Å². The van der Waals surface area contributed by atoms with E-state index >= 15 is 0 Å². The highest BCUT2D eigenvalue weighted by atomic mass is 127. The Balaban J connectivity index is 0.00000300. The Kier molecular flexibility index (Phi) is 9.43. The van der Waals surface area contributed by atoms with Crippen LogP contribution < -0.4 is 5.32 Å². The monoisotopic (exact) mass is 511 g/mol. The molecule has 1 aromatic carbocycles. The standard InChI is InChI=1S/C21H29N5O2.HI/c1-3-23-21(25-12-7-9-18(15-25)20(27)28-4-2)24-14-17-8-5-6-10-19(17)26-13-11-22-16-26;/h5-6,8,10-11,13,16,18H,3-4,7,9,12,14-15H2,1-2H3,(H,23,24);1H. The lowest BCUT2D eigenvalue weighted by Crippen LogP contribution is -2.48. The van der Waals surface area contributed by atoms with Gasteiger partial charge in [0.15, 0.2) is 5.96 Å². The minimum atomic E-state index is -0.103. The predicted octanol–water partition coefficient (Wildman–Crippen LogP) is 3.23. The van der Waals surface area contributed by atoms with Gasteiger partial charge >= 0.3 is 5.97 Å². The summed E-state index contributed by atoms with van der Waals surface area (Å²) in [5, 5.41) is 3.37. The van der Waals surface area contributed by atoms with Crippen LogP contribution in [0.4, 0.5) is 0 Å². The van der Waals surface area contributed by atoms with E-state index in [1.807, 2.05) is 29.8 Å². The van der Waals surface area contributed by atoms with Gasteiger partial charge in [-0.15, -0.1) is 24.0 Å². The molecule has 7 nitrogen and oxygen atoms in total. The lowest BCUT2D eigenvalue weighted by Gasteiger charge is -2.34. The van der Waals surface area contributed by atoms with Crippen LogP contribution in [-0.2, 0) is 16.1 Å². The summed E-state index contributed by atoms with van der Waals surface area (Å²) < 4.78 is 7.22. The molecule has 0 aliphatic carbocycles. The number of carbonyl (C=O) groups is 1. The van der Waals surface area contributed by atoms with Crippen LogP contribution in [0, 0.1) is 5.92 Å². The molecule has 1 N–H and O–H groups in total. The van der Waals surface area contributed by atoms with Crippen molar-refractivity contribution in [3.63, 3.8) is 0 Å². The van der Waals surface area contributed by atoms with E-state index in [0.29, 0.717) is 19.7 Å². The van der Waals surface area contributed by atoms with E-state index in [2.05, 4.69) is 34.3 Å². The molecular weight excluding hydrogens is 481 g/mol. The number of imidazole rings is 1. The number of nitrogens with one attached hydrogen (secondary N) is 1. The number of rotatable bonds is 6. The molecule has 1 unspecified atom stereocenters. The number of ether oxygens (including phenoxy) is 1. The van der Waals surface area contributed by atoms with Gasteiger partial charge in [0.2, 0.25) is 0 Å². The van der Waals surface area contributed by atoms with E-state index in [4.69, 9.17) is 9.73 Å². The van der Waals surface area contributed by atoms with Crippen LogP contribution in [0.2, 0.25) is 0 Å². The van der Waals surface area contributed by atoms with E-state index in [1.54, 1.807) is 12.5 Å². The van der Waals surface area contributed by atoms with E-state index in [-0.39, 0.29) is 35.9 Å². The SMILES string of the molecule is CCNC(=NCc1ccccc1-n1ccnc1)N1CCCC(C(=O)OCC)C1.I. The van der Waals surface area contributed by atoms with Crippen molar-refractivity contribution in [2.24, 2.45) is 10.9 Å². The molecule has 1 aliphatic rings. The Morgan fingerprint density at radius 3 is 2.90 bits per heavy atom. The first-order valence-electron chi connectivity index (χ1n) is 9.99. The number of guanidine groups is 1. The van der Waals surface area contributed by atoms with E-state index in [1.165, 1.54) is 0 Å². The number of carbonyl (C=O) groups excluding carboxylic acids is 1. The Bertz CT molecular complexity index is 794. The molecule has 0 amide bonds. The van der Waals surface area contributed by atoms with Crippen LogP contribution >= 0.6 is 24.0 Å². The van der Waals surface area contributed by atoms with E-state index < -0.39 is 0 Å². The topological polar surface area (TPSA) is 71.8 Å². The lowest BCUT2D eigenvalue weighted by atomic mass is 9.98. The summed E-state index contributed by atoms with van der Waals surface area (Å²) in [6.07, 6.45) is 7.33. The molecule has 8 heteroatoms. The van der Waals surface area contributed by atoms with Gasteiger partial charge in [-0.3, -0.25) is 4.79 Å². The molecule has 158 valence electrons. The number of aliphatic imine (C=N–C) groups is 1. The number of piperidine rings is 1. The molecule has 2 heterocycles. The van der Waals surface area contributed by atoms with Gasteiger partial charge in [0.25, 0.3) is 0 Å². The van der Waals surface area contributed by atoms with E-state index in [0.717, 1.165) is 43.1 Å². The molecule has 0 bridgehead atoms. The van der Waals surface area contributed by atoms with Gasteiger partial charge in [-0.1, -0.05) is 18.2 Å². The van der Waals surface area contributed by atoms with Crippen LogP contribution in [0.5, 0.6) is 0 Å². The molecule has 1 fully saturated rings. The number of esters is 1. The van der Waals surface area contributed by atoms with Crippen molar-refractivity contribution in [2.45, 2.75) is 33.2 Å². The summed E-state index contributed by atoms with van der Waals surface area (Å²) in [6.45, 7) is 7.20. The van der Waals surface area contributed by atoms with Crippen LogP contribution in [0.3, 0.4) is 0 Å². The summed E-state index contributed by atoms with van der Waals surface area (Å²) in [5.74, 6) is 0.654. The first-order valence-corrected chi connectivity index (χ1v) is 9.99. The minimum absolute atomic E-state index is 0. The number of benzene rings is 1. The second-order valence-electron chi connectivity index (χ2n) is 6.81. The number of hydrogen-bond donors (Lipinski definition) is 1. The summed E-state index contributed by atoms with van der Waals surface area (Å²) in [7, 11) is 0. The molecule has 0 radical (unpaired) electrons. The highest BCUT2D eigenvalue weighted by Gasteiger charge is 2.28. The third-order valence-electron chi connectivity index (χ3n) is 4.85. The van der Waals surface area contributed by atoms with Gasteiger partial charge in [0.1, 0.15) is 0 Å². The van der Waals surface area contributed by atoms with Gasteiger partial charge < -0.3 is 19.5 Å². The van der Waals surface area contributed by atoms with Crippen LogP contribution in [0.1, 0.15) is 32.3 Å². The van der Waals surface area contributed by atoms with Gasteiger partial charge in [-0.2, -0.15) is 0 Å². The van der Waals surface area contributed by atoms with Crippen LogP contribution in [0.25, 0.3) is 5.69 Å². The maximum atomic E-state index is 12.2. The molecule has 1 aliphatic heterocycles. The molecule has 29 heavy (non-hydrogen) atoms. The first kappa shape index (κ1) is 23.2. The normalized spacial score (nSPS) is 16.8. The van der Waals surface area contributed by atoms with Crippen molar-refractivity contribution < 1.29 is 9.53 Å². The smallest absolute Gasteiger partial charge is 0.310 e. The number of para-hydroxylation sites is 1. The predicted molar refractivity (Wildman–Crippen MR) is 125 cm³/mol. The maximum absolute atomic E-state index is 12.2. The molecule has 0 saturated carbocycles. The van der Waals surface area contributed by atoms with Crippen molar-refractivity contribution in [2.75, 3.05) is 26.2 Å². The molecule has 1 saturated heterocycles. The Morgan fingerprint density at radius 2 is 2.17 bits per heavy atom. The van der Waals surface area contributed by atoms with Gasteiger partial charge in [0.05, 0.1) is 31.1 Å². The number of aromatic nitrogens is 2. The Morgan fingerprint density at radius 1 is 1.34 bits per heavy atom. The maximum Gasteiger partial charge on any atom is 0.310 e. The molecule has 0 spiro atoms. The second kappa shape index (κ2) is 11.8. The summed E-state index contributed by atoms with van der Waals surface area (Å²) in [6, 6.07) is 8.19. The van der Waals surface area contributed by atoms with E-state index in [9.17, 15) is 4.79 Å². The second-order valence-corrected chi connectivity index (χ2v) is 6.81. The zero-order valence-electron chi connectivity index (χ0n) is 17.1. The van der Waals surface area contributed by atoms with Crippen LogP contribution in [0.15, 0.2) is 48.0 Å². The largest absolute Gasteiger partial charge is 0.466 e. The highest BCUT2D eigenvalue weighted by molar-refractivity contribution is 14.0. The first-order chi connectivity index (χ1) is 13.7. The molecule has 2 aromatic rings. The zero-order valence-corrected chi connectivity index (χ0v) is 19.4. The third kappa shape index (κ3) is 6.19. The Hall–Kier alpha value is -2.10. The van der Waals surface area contributed by atoms with Crippen molar-refractivity contribution in [1.29, 1.82) is 0 Å². The molecule has 1 atom stereocenters. The fourth-order valence-electron chi connectivity index (χ4n) is 3.51. The number of halogens is 1. The third-order valence-corrected chi connectivity index (χ3v) is 4.85. The molecule has 3 rings (SSSR count). The van der Waals surface area contributed by atoms with Crippen LogP contribution in [-0.4, -0.2) is 52.6 Å². The number of nitrogens with zero attached hydrogens (tertiary/aromatic N) is 4. The summed E-state index contributed by atoms with van der Waals surface area (Å²) in [5.41, 5.74) is 2.19. The lowest BCUT2D eigenvalue weighted by molar-refractivity contribution is -0.149. The highest BCUT2D eigenvalue weighted by Crippen LogP contribution is 2.19. The zero-order chi connectivity index (χ0) is 19.8. The van der Waals surface area contributed by atoms with Gasteiger partial charge in [-0.05, 0) is 38.3 Å². The molecular formula is C21H30IN5O2. The van der Waals surface area contributed by atoms with Crippen molar-refractivity contribution in [1.82, 2.24) is 19.8 Å². The van der Waals surface area contributed by atoms with Gasteiger partial charge in [0, 0.05) is 32.0 Å². The average Bonchev–Trinajstić information content (AvgIpc) is 3.26. The van der Waals surface area contributed by atoms with Crippen molar-refractivity contribution in [3.8, 4) is 5.69 Å². The quantitative estimate of drug-likeness (QED) is 0.279. The minimum Gasteiger partial charge on any atom is -0.466 e. The molecule has 1 aromatic heterocycles. The fourth-order valence-corrected chi connectivity index (χ4v) is 3.51. The van der Waals surface area contributed by atoms with Crippen molar-refractivity contribution >= 4 is 35.9 Å². The number of likely N-dealkylation sites (tertiary alicyclic amines) is 1. The number of hydrogen-bond acceptors (Lipinski definition) is 4. The summed E-state index contributed by atoms with van der Waals surface area (Å²) in [4.78, 5) is 23.3. The van der Waals surface area contributed by atoms with Crippen molar-refractivity contribution in [3.05, 3.63) is 48.5 Å². The summed E-state index contributed by atoms with van der Waals surface area (Å²) >= 11 is 0. The van der Waals surface area contributed by atoms with Gasteiger partial charge in [-0.25, -0.2) is 9.98 Å².